The lowest BCUT2D eigenvalue weighted by molar-refractivity contribution is -0.117. The number of anilines is 1. The van der Waals surface area contributed by atoms with Crippen LogP contribution in [0.1, 0.15) is 12.5 Å². The van der Waals surface area contributed by atoms with E-state index in [4.69, 9.17) is 10.8 Å². The van der Waals surface area contributed by atoms with Gasteiger partial charge in [-0.15, -0.1) is 12.4 Å². The van der Waals surface area contributed by atoms with E-state index >= 15 is 0 Å². The molecule has 16 heavy (non-hydrogen) atoms. The van der Waals surface area contributed by atoms with Crippen LogP contribution in [0.2, 0.25) is 0 Å². The normalized spacial score (nSPS) is 11.4. The third-order valence-electron chi connectivity index (χ3n) is 2.04. The lowest BCUT2D eigenvalue weighted by atomic mass is 10.1. The number of benzene rings is 1. The molecular weight excluding hydrogens is 228 g/mol. The highest BCUT2D eigenvalue weighted by atomic mass is 35.5. The van der Waals surface area contributed by atoms with Crippen molar-refractivity contribution in [2.24, 2.45) is 5.73 Å². The average Bonchev–Trinajstić information content (AvgIpc) is 2.21. The predicted octanol–water partition coefficient (Wildman–Crippen LogP) is 0.929. The first kappa shape index (κ1) is 14.9. The fourth-order valence-corrected chi connectivity index (χ4v) is 1.14. The van der Waals surface area contributed by atoms with Crippen molar-refractivity contribution >= 4 is 24.0 Å². The molecule has 1 atom stereocenters. The molecule has 1 rings (SSSR count). The fraction of sp³-hybridized carbons (Fsp3) is 0.364. The zero-order valence-corrected chi connectivity index (χ0v) is 9.96. The van der Waals surface area contributed by atoms with Crippen molar-refractivity contribution in [3.8, 4) is 0 Å². The van der Waals surface area contributed by atoms with E-state index in [1.54, 1.807) is 19.1 Å². The first-order valence-corrected chi connectivity index (χ1v) is 4.89. The van der Waals surface area contributed by atoms with Gasteiger partial charge in [0.25, 0.3) is 0 Å². The molecule has 1 aromatic rings. The summed E-state index contributed by atoms with van der Waals surface area (Å²) in [6.45, 7) is 1.76. The Kier molecular flexibility index (Phi) is 6.72. The summed E-state index contributed by atoms with van der Waals surface area (Å²) < 4.78 is 0. The van der Waals surface area contributed by atoms with Gasteiger partial charge in [-0.3, -0.25) is 4.79 Å². The Bertz CT molecular complexity index is 325. The number of aliphatic hydroxyl groups excluding tert-OH is 1. The van der Waals surface area contributed by atoms with Gasteiger partial charge in [0.05, 0.1) is 6.04 Å². The van der Waals surface area contributed by atoms with Crippen molar-refractivity contribution in [3.63, 3.8) is 0 Å². The molecule has 4 nitrogen and oxygen atoms in total. The second-order valence-corrected chi connectivity index (χ2v) is 3.45. The highest BCUT2D eigenvalue weighted by Crippen LogP contribution is 2.09. The quantitative estimate of drug-likeness (QED) is 0.738. The summed E-state index contributed by atoms with van der Waals surface area (Å²) in [6.07, 6.45) is 0.627. The SMILES string of the molecule is CC(N)C(=O)Nc1ccc(CCO)cc1.Cl. The highest BCUT2D eigenvalue weighted by molar-refractivity contribution is 5.94. The molecule has 0 heterocycles. The number of rotatable bonds is 4. The van der Waals surface area contributed by atoms with Gasteiger partial charge in [-0.05, 0) is 31.0 Å². The summed E-state index contributed by atoms with van der Waals surface area (Å²) in [6, 6.07) is 6.82. The van der Waals surface area contributed by atoms with Gasteiger partial charge in [0, 0.05) is 12.3 Å². The number of carbonyl (C=O) groups is 1. The fourth-order valence-electron chi connectivity index (χ4n) is 1.14. The number of nitrogens with one attached hydrogen (secondary N) is 1. The molecule has 1 amide bonds. The molecule has 0 radical (unpaired) electrons. The third kappa shape index (κ3) is 4.61. The van der Waals surface area contributed by atoms with E-state index < -0.39 is 6.04 Å². The molecule has 5 heteroatoms. The smallest absolute Gasteiger partial charge is 0.240 e. The molecule has 0 aliphatic heterocycles. The number of aliphatic hydroxyl groups is 1. The average molecular weight is 245 g/mol. The number of nitrogens with two attached hydrogens (primary N) is 1. The molecule has 0 bridgehead atoms. The molecule has 0 saturated carbocycles. The minimum absolute atomic E-state index is 0. The standard InChI is InChI=1S/C11H16N2O2.ClH/c1-8(12)11(15)13-10-4-2-9(3-5-10)6-7-14;/h2-5,8,14H,6-7,12H2,1H3,(H,13,15);1H. The molecular formula is C11H17ClN2O2. The molecule has 4 N–H and O–H groups in total. The molecule has 0 aliphatic rings. The van der Waals surface area contributed by atoms with Crippen LogP contribution in [0.25, 0.3) is 0 Å². The monoisotopic (exact) mass is 244 g/mol. The molecule has 0 fully saturated rings. The van der Waals surface area contributed by atoms with Crippen LogP contribution in [0.5, 0.6) is 0 Å². The zero-order valence-electron chi connectivity index (χ0n) is 9.14. The van der Waals surface area contributed by atoms with Gasteiger partial charge in [-0.2, -0.15) is 0 Å². The number of hydrogen-bond acceptors (Lipinski definition) is 3. The van der Waals surface area contributed by atoms with Crippen molar-refractivity contribution in [2.75, 3.05) is 11.9 Å². The van der Waals surface area contributed by atoms with Crippen LogP contribution >= 0.6 is 12.4 Å². The maximum Gasteiger partial charge on any atom is 0.240 e. The van der Waals surface area contributed by atoms with Gasteiger partial charge < -0.3 is 16.2 Å². The topological polar surface area (TPSA) is 75.4 Å². The van der Waals surface area contributed by atoms with Crippen molar-refractivity contribution in [3.05, 3.63) is 29.8 Å². The first-order valence-electron chi connectivity index (χ1n) is 4.89. The molecule has 0 spiro atoms. The Hall–Kier alpha value is -1.10. The van der Waals surface area contributed by atoms with Crippen LogP contribution in [-0.2, 0) is 11.2 Å². The lowest BCUT2D eigenvalue weighted by Crippen LogP contribution is -2.32. The summed E-state index contributed by atoms with van der Waals surface area (Å²) in [5, 5.41) is 11.4. The maximum absolute atomic E-state index is 11.2. The van der Waals surface area contributed by atoms with Crippen LogP contribution in [-0.4, -0.2) is 23.7 Å². The zero-order chi connectivity index (χ0) is 11.3. The Morgan fingerprint density at radius 1 is 1.44 bits per heavy atom. The van der Waals surface area contributed by atoms with Crippen molar-refractivity contribution in [1.29, 1.82) is 0 Å². The van der Waals surface area contributed by atoms with Crippen molar-refractivity contribution < 1.29 is 9.90 Å². The van der Waals surface area contributed by atoms with Crippen LogP contribution in [0, 0.1) is 0 Å². The molecule has 0 aromatic heterocycles. The van der Waals surface area contributed by atoms with Gasteiger partial charge in [0.15, 0.2) is 0 Å². The van der Waals surface area contributed by atoms with Crippen LogP contribution in [0.4, 0.5) is 5.69 Å². The lowest BCUT2D eigenvalue weighted by Gasteiger charge is -2.08. The second kappa shape index (κ2) is 7.22. The number of halogens is 1. The van der Waals surface area contributed by atoms with Crippen molar-refractivity contribution in [1.82, 2.24) is 0 Å². The van der Waals surface area contributed by atoms with Gasteiger partial charge in [0.1, 0.15) is 0 Å². The van der Waals surface area contributed by atoms with E-state index in [1.807, 2.05) is 12.1 Å². The highest BCUT2D eigenvalue weighted by Gasteiger charge is 2.06. The van der Waals surface area contributed by atoms with Gasteiger partial charge in [-0.1, -0.05) is 12.1 Å². The van der Waals surface area contributed by atoms with E-state index in [1.165, 1.54) is 0 Å². The summed E-state index contributed by atoms with van der Waals surface area (Å²) in [5.41, 5.74) is 7.18. The summed E-state index contributed by atoms with van der Waals surface area (Å²) in [7, 11) is 0. The van der Waals surface area contributed by atoms with Crippen LogP contribution in [0.15, 0.2) is 24.3 Å². The van der Waals surface area contributed by atoms with Gasteiger partial charge >= 0.3 is 0 Å². The summed E-state index contributed by atoms with van der Waals surface area (Å²) in [5.74, 6) is -0.204. The maximum atomic E-state index is 11.2. The Balaban J connectivity index is 0.00000225. The molecule has 0 aliphatic carbocycles. The Labute approximate surface area is 101 Å². The third-order valence-corrected chi connectivity index (χ3v) is 2.04. The number of amides is 1. The van der Waals surface area contributed by atoms with E-state index in [9.17, 15) is 4.79 Å². The summed E-state index contributed by atoms with van der Waals surface area (Å²) in [4.78, 5) is 11.2. The Morgan fingerprint density at radius 2 is 2.00 bits per heavy atom. The van der Waals surface area contributed by atoms with E-state index in [-0.39, 0.29) is 24.9 Å². The predicted molar refractivity (Wildman–Crippen MR) is 66.8 cm³/mol. The molecule has 0 saturated heterocycles. The van der Waals surface area contributed by atoms with E-state index in [2.05, 4.69) is 5.32 Å². The number of carbonyl (C=O) groups excluding carboxylic acids is 1. The first-order chi connectivity index (χ1) is 7.13. The largest absolute Gasteiger partial charge is 0.396 e. The van der Waals surface area contributed by atoms with E-state index in [0.29, 0.717) is 6.42 Å². The molecule has 1 unspecified atom stereocenters. The minimum Gasteiger partial charge on any atom is -0.396 e. The van der Waals surface area contributed by atoms with Crippen LogP contribution < -0.4 is 11.1 Å². The molecule has 1 aromatic carbocycles. The molecule has 90 valence electrons. The number of hydrogen-bond donors (Lipinski definition) is 3. The Morgan fingerprint density at radius 3 is 2.44 bits per heavy atom. The van der Waals surface area contributed by atoms with Crippen molar-refractivity contribution in [2.45, 2.75) is 19.4 Å². The van der Waals surface area contributed by atoms with Gasteiger partial charge in [0.2, 0.25) is 5.91 Å². The van der Waals surface area contributed by atoms with E-state index in [0.717, 1.165) is 11.3 Å². The second-order valence-electron chi connectivity index (χ2n) is 3.45. The van der Waals surface area contributed by atoms with Crippen LogP contribution in [0.3, 0.4) is 0 Å². The minimum atomic E-state index is -0.512. The van der Waals surface area contributed by atoms with Gasteiger partial charge in [-0.25, -0.2) is 0 Å². The summed E-state index contributed by atoms with van der Waals surface area (Å²) >= 11 is 0.